The van der Waals surface area contributed by atoms with Gasteiger partial charge in [0.05, 0.1) is 5.56 Å². The molecular formula is C42H58N10O21Si3. The van der Waals surface area contributed by atoms with Gasteiger partial charge in [0.2, 0.25) is 35.5 Å². The van der Waals surface area contributed by atoms with Gasteiger partial charge >= 0.3 is 23.9 Å². The van der Waals surface area contributed by atoms with Gasteiger partial charge in [0.25, 0.3) is 55.1 Å². The maximum Gasteiger partial charge on any atom is 0.326 e. The number of nitrogen functional groups attached to an aromatic ring is 1. The van der Waals surface area contributed by atoms with Crippen LogP contribution in [-0.2, 0) is 49.6 Å². The lowest BCUT2D eigenvalue weighted by Crippen LogP contribution is -2.48. The largest absolute Gasteiger partial charge is 0.484 e. The number of nitrogens with two attached hydrogens (primary N) is 1. The average molecular weight is 1120 g/mol. The Kier molecular flexibility index (Phi) is 24.4. The third-order valence-corrected chi connectivity index (χ3v) is 18.0. The van der Waals surface area contributed by atoms with Crippen LogP contribution in [0.2, 0.25) is 18.1 Å². The van der Waals surface area contributed by atoms with Crippen molar-refractivity contribution in [2.24, 2.45) is 0 Å². The van der Waals surface area contributed by atoms with Crippen LogP contribution in [0.25, 0.3) is 0 Å². The molecule has 2 aromatic rings. The highest BCUT2D eigenvalue weighted by molar-refractivity contribution is 6.88. The lowest BCUT2D eigenvalue weighted by Gasteiger charge is -2.18. The van der Waals surface area contributed by atoms with E-state index in [-0.39, 0.29) is 29.0 Å². The van der Waals surface area contributed by atoms with Crippen molar-refractivity contribution in [3.8, 4) is 0 Å². The quantitative estimate of drug-likeness (QED) is 0.0328. The number of carbonyl (C=O) groups is 13. The van der Waals surface area contributed by atoms with Crippen LogP contribution in [0.4, 0.5) is 26.1 Å². The standard InChI is InChI=1S/C42H58N10O21Si3/c43-39-48-33-32(35(61)49-39)22(19-44-33)6-3-20-1-4-21(5-2-20)34(60)47-25(38(66)67)9-12-30(57)51-75(41(70)71)17-14-27(54)45-23(36(62)63)7-10-28(55)50-74(40(68)69)16-13-26(53)46-24(37(64)65)8-11-29(56)52-76(42(72)73)18-15-31(58)59/h1-2,4-5,22-25,74-76H,3,6-19H2,(H,45,54)(H,46,53)(H,47,60)(H,50,55)(H,51,57)(H,52,56)(H,58,59)(H,62,63)(H,64,65)(H,66,67)(H,68,69)(H,70,71)(H,72,73)(H4,43,44,48,49,61)/t22?,23-,24?,25?,74?,75?,76?/m0/s1. The number of fused-ring (bicyclic) bond motifs is 1. The first-order chi connectivity index (χ1) is 35.7. The predicted molar refractivity (Wildman–Crippen MR) is 267 cm³/mol. The van der Waals surface area contributed by atoms with Gasteiger partial charge in [0.1, 0.15) is 23.9 Å². The summed E-state index contributed by atoms with van der Waals surface area (Å²) >= 11 is 0. The highest BCUT2D eigenvalue weighted by Crippen LogP contribution is 2.30. The van der Waals surface area contributed by atoms with E-state index < -0.39 is 191 Å². The molecule has 0 spiro atoms. The fraction of sp³-hybridized carbons (Fsp3) is 0.452. The molecule has 1 aromatic carbocycles. The molecule has 1 aliphatic heterocycles. The Labute approximate surface area is 434 Å². The van der Waals surface area contributed by atoms with Crippen molar-refractivity contribution in [2.45, 2.75) is 113 Å². The van der Waals surface area contributed by atoms with Gasteiger partial charge < -0.3 is 77.7 Å². The Morgan fingerprint density at radius 2 is 0.987 bits per heavy atom. The summed E-state index contributed by atoms with van der Waals surface area (Å²) in [4.78, 5) is 183. The second-order valence-corrected chi connectivity index (χ2v) is 24.7. The van der Waals surface area contributed by atoms with Crippen LogP contribution in [0.15, 0.2) is 29.1 Å². The van der Waals surface area contributed by atoms with Crippen LogP contribution < -0.4 is 47.5 Å². The van der Waals surface area contributed by atoms with E-state index in [1.807, 2.05) is 0 Å². The molecule has 76 heavy (non-hydrogen) atoms. The van der Waals surface area contributed by atoms with E-state index in [0.29, 0.717) is 30.8 Å². The lowest BCUT2D eigenvalue weighted by molar-refractivity contribution is -0.142. The van der Waals surface area contributed by atoms with Crippen molar-refractivity contribution in [3.05, 3.63) is 51.3 Å². The Hall–Kier alpha value is -8.54. The number of H-pyrrole nitrogens is 1. The van der Waals surface area contributed by atoms with Crippen LogP contribution in [-0.4, -0.2) is 173 Å². The number of hydrogen-bond donors (Lipinski definition) is 16. The molecule has 0 aliphatic carbocycles. The summed E-state index contributed by atoms with van der Waals surface area (Å²) in [5.41, 5.74) is 2.31. The van der Waals surface area contributed by atoms with Gasteiger partial charge in [-0.25, -0.2) is 14.4 Å². The molecule has 17 N–H and O–H groups in total. The van der Waals surface area contributed by atoms with Gasteiger partial charge in [0.15, 0.2) is 0 Å². The zero-order valence-corrected chi connectivity index (χ0v) is 43.8. The third kappa shape index (κ3) is 21.1. The van der Waals surface area contributed by atoms with Gasteiger partial charge in [-0.2, -0.15) is 4.98 Å². The number of aryl methyl sites for hydroxylation is 1. The van der Waals surface area contributed by atoms with Gasteiger partial charge in [-0.15, -0.1) is 0 Å². The van der Waals surface area contributed by atoms with E-state index in [0.717, 1.165) is 5.56 Å². The summed E-state index contributed by atoms with van der Waals surface area (Å²) in [7, 11) is -9.91. The van der Waals surface area contributed by atoms with Gasteiger partial charge in [-0.3, -0.25) is 57.7 Å². The SMILES string of the molecule is Nc1nc2c(c(=O)[nH]1)C(CCc1ccc(C(=O)NC(CCC(=O)N[SiH](CCC(=O)N[C@@H](CCC(=O)N[SiH](CCC(=O)NC(CCC(=O)N[SiH](CCC(=O)O)C(=O)O)C(=O)O)C(=O)O)C(=O)O)C(=O)O)C(=O)O)cc1)CN2. The van der Waals surface area contributed by atoms with E-state index in [9.17, 15) is 97.8 Å². The average Bonchev–Trinajstić information content (AvgIpc) is 3.75. The molecule has 0 radical (unpaired) electrons. The number of nitrogens with zero attached hydrogens (tertiary/aromatic N) is 1. The number of aromatic nitrogens is 2. The fourth-order valence-corrected chi connectivity index (χ4v) is 12.3. The van der Waals surface area contributed by atoms with Crippen LogP contribution in [0.3, 0.4) is 0 Å². The van der Waals surface area contributed by atoms with E-state index in [4.69, 9.17) is 10.8 Å². The van der Waals surface area contributed by atoms with Crippen molar-refractivity contribution in [1.29, 1.82) is 0 Å². The fourth-order valence-electron chi connectivity index (χ4n) is 7.51. The molecule has 0 fully saturated rings. The molecule has 34 heteroatoms. The summed E-state index contributed by atoms with van der Waals surface area (Å²) in [6.07, 6.45) is -4.03. The number of carboxylic acids is 4. The maximum atomic E-state index is 13.0. The molecule has 3 rings (SSSR count). The minimum Gasteiger partial charge on any atom is -0.484 e. The summed E-state index contributed by atoms with van der Waals surface area (Å²) in [6.45, 7) is 0.479. The molecule has 31 nitrogen and oxygen atoms in total. The minimum absolute atomic E-state index is 0.00787. The monoisotopic (exact) mass is 1120 g/mol. The number of aliphatic carboxylic acids is 4. The molecule has 414 valence electrons. The van der Waals surface area contributed by atoms with Crippen LogP contribution in [0, 0.1) is 0 Å². The molecule has 0 saturated carbocycles. The van der Waals surface area contributed by atoms with Crippen molar-refractivity contribution in [2.75, 3.05) is 17.6 Å². The summed E-state index contributed by atoms with van der Waals surface area (Å²) in [5.74, 6) is -11.3. The van der Waals surface area contributed by atoms with Crippen molar-refractivity contribution < 1.29 is 98.1 Å². The highest BCUT2D eigenvalue weighted by atomic mass is 28.3. The Morgan fingerprint density at radius 3 is 1.38 bits per heavy atom. The van der Waals surface area contributed by atoms with Crippen LogP contribution in [0.1, 0.15) is 91.6 Å². The highest BCUT2D eigenvalue weighted by Gasteiger charge is 2.32. The number of benzene rings is 1. The van der Waals surface area contributed by atoms with Gasteiger partial charge in [-0.05, 0) is 67.9 Å². The topological polar surface area (TPSA) is 520 Å². The van der Waals surface area contributed by atoms with Crippen molar-refractivity contribution in [3.63, 3.8) is 0 Å². The predicted octanol–water partition coefficient (Wildman–Crippen LogP) is -2.29. The minimum atomic E-state index is -3.40. The van der Waals surface area contributed by atoms with Crippen LogP contribution in [0.5, 0.6) is 0 Å². The molecule has 2 heterocycles. The van der Waals surface area contributed by atoms with Crippen molar-refractivity contribution >= 4 is 115 Å². The number of carbonyl (C=O) groups excluding carboxylic acids is 6. The zero-order valence-electron chi connectivity index (χ0n) is 40.3. The summed E-state index contributed by atoms with van der Waals surface area (Å²) in [6, 6.07) is 0.0203. The number of nitrogens with one attached hydrogen (secondary N) is 8. The van der Waals surface area contributed by atoms with E-state index in [2.05, 4.69) is 46.2 Å². The number of anilines is 2. The Balaban J connectivity index is 1.42. The molecule has 7 atom stereocenters. The summed E-state index contributed by atoms with van der Waals surface area (Å²) < 4.78 is 0. The van der Waals surface area contributed by atoms with E-state index >= 15 is 0 Å². The second kappa shape index (κ2) is 30.0. The summed E-state index contributed by atoms with van der Waals surface area (Å²) in [5, 5.41) is 75.9. The lowest BCUT2D eigenvalue weighted by atomic mass is 9.95. The molecule has 0 bridgehead atoms. The normalized spacial score (nSPS) is 14.8. The number of aromatic amines is 1. The van der Waals surface area contributed by atoms with E-state index in [1.165, 1.54) is 12.1 Å². The second-order valence-electron chi connectivity index (χ2n) is 17.3. The molecule has 6 unspecified atom stereocenters. The maximum absolute atomic E-state index is 13.0. The molecule has 1 aromatic heterocycles. The third-order valence-electron chi connectivity index (χ3n) is 11.6. The molecule has 1 aliphatic rings. The van der Waals surface area contributed by atoms with Crippen LogP contribution >= 0.6 is 0 Å². The molecular weight excluding hydrogens is 1060 g/mol. The first-order valence-electron chi connectivity index (χ1n) is 23.3. The smallest absolute Gasteiger partial charge is 0.326 e. The zero-order chi connectivity index (χ0) is 56.8. The number of carboxylic acid groups (broad SMARTS) is 7. The van der Waals surface area contributed by atoms with Gasteiger partial charge in [0, 0.05) is 56.6 Å². The van der Waals surface area contributed by atoms with Gasteiger partial charge in [-0.1, -0.05) is 12.1 Å². The molecule has 6 amide bonds. The van der Waals surface area contributed by atoms with E-state index in [1.54, 1.807) is 12.1 Å². The first kappa shape index (κ1) is 61.8. The number of hydrogen-bond acceptors (Lipinski definition) is 17. The number of rotatable bonds is 34. The Bertz CT molecular complexity index is 2600. The number of amides is 6. The Morgan fingerprint density at radius 1 is 0.579 bits per heavy atom. The molecule has 0 saturated heterocycles. The van der Waals surface area contributed by atoms with Crippen molar-refractivity contribution in [1.82, 2.24) is 40.9 Å². The first-order valence-corrected chi connectivity index (χ1v) is 29.2.